The third-order valence-corrected chi connectivity index (χ3v) is 4.47. The summed E-state index contributed by atoms with van der Waals surface area (Å²) in [5.74, 6) is 1.43. The number of likely N-dealkylation sites (N-methyl/N-ethyl adjacent to an activating group) is 1. The number of amides is 1. The summed E-state index contributed by atoms with van der Waals surface area (Å²) < 4.78 is 5.62. The second-order valence-electron chi connectivity index (χ2n) is 7.36. The number of nitrogens with zero attached hydrogens (tertiary/aromatic N) is 3. The second kappa shape index (κ2) is 10.2. The van der Waals surface area contributed by atoms with Crippen molar-refractivity contribution in [2.24, 2.45) is 10.7 Å². The number of likely N-dealkylation sites (tertiary alicyclic amines) is 1. The van der Waals surface area contributed by atoms with E-state index in [2.05, 4.69) is 15.2 Å². The molecule has 1 saturated heterocycles. The molecule has 1 aliphatic rings. The molecule has 2 rings (SSSR count). The summed E-state index contributed by atoms with van der Waals surface area (Å²) in [5, 5.41) is 3.09. The molecule has 27 heavy (non-hydrogen) atoms. The maximum absolute atomic E-state index is 12.2. The molecule has 1 heterocycles. The van der Waals surface area contributed by atoms with Crippen molar-refractivity contribution in [1.82, 2.24) is 9.80 Å². The molecule has 1 aromatic carbocycles. The van der Waals surface area contributed by atoms with Crippen LogP contribution in [0, 0.1) is 0 Å². The minimum absolute atomic E-state index is 0.0195. The number of anilines is 1. The maximum atomic E-state index is 12.2. The first-order chi connectivity index (χ1) is 12.9. The van der Waals surface area contributed by atoms with Crippen LogP contribution in [-0.2, 0) is 4.79 Å². The fourth-order valence-corrected chi connectivity index (χ4v) is 3.22. The van der Waals surface area contributed by atoms with E-state index in [9.17, 15) is 4.79 Å². The van der Waals surface area contributed by atoms with Crippen LogP contribution in [-0.4, -0.2) is 67.5 Å². The topological polar surface area (TPSA) is 83.2 Å². The smallest absolute Gasteiger partial charge is 0.239 e. The Balaban J connectivity index is 1.75. The zero-order chi connectivity index (χ0) is 19.8. The molecule has 1 fully saturated rings. The van der Waals surface area contributed by atoms with Crippen molar-refractivity contribution in [3.05, 3.63) is 24.3 Å². The van der Waals surface area contributed by atoms with Crippen LogP contribution in [0.5, 0.6) is 5.75 Å². The first kappa shape index (κ1) is 21.0. The molecule has 1 unspecified atom stereocenters. The normalized spacial score (nSPS) is 18.0. The van der Waals surface area contributed by atoms with Crippen LogP contribution in [0.15, 0.2) is 29.3 Å². The Hall–Kier alpha value is -2.28. The highest BCUT2D eigenvalue weighted by molar-refractivity contribution is 5.92. The molecule has 0 aliphatic carbocycles. The SMILES string of the molecule is CC(C)Oc1ccc(NC(N)=NCCCN2CCCC2C(=O)N(C)C)cc1. The summed E-state index contributed by atoms with van der Waals surface area (Å²) in [5.41, 5.74) is 6.85. The highest BCUT2D eigenvalue weighted by atomic mass is 16.5. The van der Waals surface area contributed by atoms with Crippen molar-refractivity contribution in [3.63, 3.8) is 0 Å². The number of hydrogen-bond donors (Lipinski definition) is 2. The lowest BCUT2D eigenvalue weighted by molar-refractivity contribution is -0.133. The van der Waals surface area contributed by atoms with Gasteiger partial charge in [0, 0.05) is 32.9 Å². The largest absolute Gasteiger partial charge is 0.491 e. The summed E-state index contributed by atoms with van der Waals surface area (Å²) in [7, 11) is 3.63. The van der Waals surface area contributed by atoms with E-state index in [1.165, 1.54) is 0 Å². The zero-order valence-electron chi connectivity index (χ0n) is 16.9. The summed E-state index contributed by atoms with van der Waals surface area (Å²) in [6, 6.07) is 7.67. The van der Waals surface area contributed by atoms with E-state index in [1.54, 1.807) is 4.90 Å². The first-order valence-corrected chi connectivity index (χ1v) is 9.65. The predicted octanol–water partition coefficient (Wildman–Crippen LogP) is 2.14. The van der Waals surface area contributed by atoms with Gasteiger partial charge in [0.1, 0.15) is 5.75 Å². The number of carbonyl (C=O) groups excluding carboxylic acids is 1. The minimum Gasteiger partial charge on any atom is -0.491 e. The summed E-state index contributed by atoms with van der Waals surface area (Å²) in [6.45, 7) is 6.47. The van der Waals surface area contributed by atoms with E-state index in [1.807, 2.05) is 52.2 Å². The molecule has 0 aromatic heterocycles. The fourth-order valence-electron chi connectivity index (χ4n) is 3.22. The molecule has 0 bridgehead atoms. The molecule has 0 saturated carbocycles. The number of aliphatic imine (C=N–C) groups is 1. The van der Waals surface area contributed by atoms with Crippen molar-refractivity contribution in [2.75, 3.05) is 39.0 Å². The van der Waals surface area contributed by atoms with Gasteiger partial charge in [0.25, 0.3) is 0 Å². The monoisotopic (exact) mass is 375 g/mol. The molecule has 7 heteroatoms. The number of nitrogens with one attached hydrogen (secondary N) is 1. The Morgan fingerprint density at radius 3 is 2.70 bits per heavy atom. The van der Waals surface area contributed by atoms with Gasteiger partial charge in [-0.3, -0.25) is 14.7 Å². The van der Waals surface area contributed by atoms with Crippen molar-refractivity contribution in [1.29, 1.82) is 0 Å². The molecule has 150 valence electrons. The van der Waals surface area contributed by atoms with Gasteiger partial charge >= 0.3 is 0 Å². The standard InChI is InChI=1S/C20H33N5O2/c1-15(2)27-17-10-8-16(9-11-17)23-20(21)22-12-6-14-25-13-5-7-18(25)19(26)24(3)4/h8-11,15,18H,5-7,12-14H2,1-4H3,(H3,21,22,23). The molecule has 0 radical (unpaired) electrons. The lowest BCUT2D eigenvalue weighted by atomic mass is 10.2. The van der Waals surface area contributed by atoms with E-state index >= 15 is 0 Å². The molecule has 1 atom stereocenters. The Morgan fingerprint density at radius 2 is 2.07 bits per heavy atom. The Labute approximate surface area is 162 Å². The first-order valence-electron chi connectivity index (χ1n) is 9.65. The maximum Gasteiger partial charge on any atom is 0.239 e. The van der Waals surface area contributed by atoms with Gasteiger partial charge in [-0.25, -0.2) is 0 Å². The molecule has 7 nitrogen and oxygen atoms in total. The van der Waals surface area contributed by atoms with E-state index in [0.29, 0.717) is 12.5 Å². The van der Waals surface area contributed by atoms with Crippen molar-refractivity contribution < 1.29 is 9.53 Å². The predicted molar refractivity (Wildman–Crippen MR) is 110 cm³/mol. The molecule has 3 N–H and O–H groups in total. The Bertz CT molecular complexity index is 628. The molecular weight excluding hydrogens is 342 g/mol. The number of rotatable bonds is 8. The number of ether oxygens (including phenoxy) is 1. The molecule has 1 aromatic rings. The lowest BCUT2D eigenvalue weighted by Crippen LogP contribution is -2.43. The summed E-state index contributed by atoms with van der Waals surface area (Å²) in [4.78, 5) is 20.5. The van der Waals surface area contributed by atoms with Gasteiger partial charge < -0.3 is 20.7 Å². The summed E-state index contributed by atoms with van der Waals surface area (Å²) in [6.07, 6.45) is 3.05. The van der Waals surface area contributed by atoms with Crippen LogP contribution < -0.4 is 15.8 Å². The van der Waals surface area contributed by atoms with Gasteiger partial charge in [-0.05, 0) is 63.9 Å². The highest BCUT2D eigenvalue weighted by Crippen LogP contribution is 2.19. The van der Waals surface area contributed by atoms with Crippen LogP contribution in [0.25, 0.3) is 0 Å². The minimum atomic E-state index is 0.0195. The van der Waals surface area contributed by atoms with Crippen LogP contribution >= 0.6 is 0 Å². The van der Waals surface area contributed by atoms with E-state index < -0.39 is 0 Å². The van der Waals surface area contributed by atoms with E-state index in [4.69, 9.17) is 10.5 Å². The van der Waals surface area contributed by atoms with E-state index in [0.717, 1.165) is 43.8 Å². The Morgan fingerprint density at radius 1 is 1.37 bits per heavy atom. The number of carbonyl (C=O) groups is 1. The van der Waals surface area contributed by atoms with Crippen LogP contribution in [0.3, 0.4) is 0 Å². The van der Waals surface area contributed by atoms with Gasteiger partial charge in [0.15, 0.2) is 5.96 Å². The number of hydrogen-bond acceptors (Lipinski definition) is 4. The second-order valence-corrected chi connectivity index (χ2v) is 7.36. The van der Waals surface area contributed by atoms with E-state index in [-0.39, 0.29) is 18.1 Å². The van der Waals surface area contributed by atoms with Gasteiger partial charge in [-0.15, -0.1) is 0 Å². The highest BCUT2D eigenvalue weighted by Gasteiger charge is 2.30. The molecule has 1 aliphatic heterocycles. The van der Waals surface area contributed by atoms with Crippen LogP contribution in [0.4, 0.5) is 5.69 Å². The molecule has 1 amide bonds. The Kier molecular flexibility index (Phi) is 7.91. The third-order valence-electron chi connectivity index (χ3n) is 4.47. The average molecular weight is 376 g/mol. The zero-order valence-corrected chi connectivity index (χ0v) is 16.9. The number of nitrogens with two attached hydrogens (primary N) is 1. The summed E-state index contributed by atoms with van der Waals surface area (Å²) >= 11 is 0. The van der Waals surface area contributed by atoms with Gasteiger partial charge in [-0.2, -0.15) is 0 Å². The average Bonchev–Trinajstić information content (AvgIpc) is 3.07. The third kappa shape index (κ3) is 6.75. The molecular formula is C20H33N5O2. The number of benzene rings is 1. The van der Waals surface area contributed by atoms with Crippen LogP contribution in [0.1, 0.15) is 33.1 Å². The lowest BCUT2D eigenvalue weighted by Gasteiger charge is -2.25. The van der Waals surface area contributed by atoms with Crippen molar-refractivity contribution in [3.8, 4) is 5.75 Å². The van der Waals surface area contributed by atoms with Gasteiger partial charge in [0.2, 0.25) is 5.91 Å². The quantitative estimate of drug-likeness (QED) is 0.413. The van der Waals surface area contributed by atoms with Crippen molar-refractivity contribution >= 4 is 17.6 Å². The fraction of sp³-hybridized carbons (Fsp3) is 0.600. The molecule has 0 spiro atoms. The van der Waals surface area contributed by atoms with Crippen molar-refractivity contribution in [2.45, 2.75) is 45.3 Å². The van der Waals surface area contributed by atoms with Gasteiger partial charge in [-0.1, -0.05) is 0 Å². The van der Waals surface area contributed by atoms with Gasteiger partial charge in [0.05, 0.1) is 12.1 Å². The van der Waals surface area contributed by atoms with Crippen LogP contribution in [0.2, 0.25) is 0 Å². The number of guanidine groups is 1.